The van der Waals surface area contributed by atoms with Crippen LogP contribution in [-0.2, 0) is 13.6 Å². The standard InChI is InChI=1S/C34H38N8O2/c1-18-19(2)36-12-11-24(18)37-29-10-8-21-14-27(41(32(21)39-29)16-20-5-6-20)33-38-25-13-23(15-28(44-4)31(25)40(33)3)34(43)42-17-22-7-9-26(42)30(22)35/h8,10-15,20,22,26,30H,5-7,9,16-17,35H2,1-4H3,(H,36,37,39)/t22-,26-,30-/m1/s1. The number of rotatable bonds is 7. The number of anilines is 2. The van der Waals surface area contributed by atoms with E-state index in [2.05, 4.69) is 38.5 Å². The van der Waals surface area contributed by atoms with Crippen molar-refractivity contribution in [3.63, 3.8) is 0 Å². The number of benzene rings is 1. The number of ether oxygens (including phenoxy) is 1. The summed E-state index contributed by atoms with van der Waals surface area (Å²) < 4.78 is 10.2. The van der Waals surface area contributed by atoms with Crippen molar-refractivity contribution in [2.45, 2.75) is 58.2 Å². The molecular weight excluding hydrogens is 552 g/mol. The van der Waals surface area contributed by atoms with Gasteiger partial charge in [-0.3, -0.25) is 9.78 Å². The molecule has 3 atom stereocenters. The van der Waals surface area contributed by atoms with Gasteiger partial charge >= 0.3 is 0 Å². The Bertz CT molecular complexity index is 1950. The number of carbonyl (C=O) groups is 1. The molecule has 44 heavy (non-hydrogen) atoms. The smallest absolute Gasteiger partial charge is 0.254 e. The fourth-order valence-corrected chi connectivity index (χ4v) is 7.31. The van der Waals surface area contributed by atoms with Crippen LogP contribution in [0.25, 0.3) is 33.6 Å². The first kappa shape index (κ1) is 27.1. The average molecular weight is 591 g/mol. The Morgan fingerprint density at radius 3 is 2.66 bits per heavy atom. The normalized spacial score (nSPS) is 21.1. The van der Waals surface area contributed by atoms with Crippen molar-refractivity contribution >= 4 is 39.5 Å². The molecule has 3 aliphatic rings. The zero-order valence-electron chi connectivity index (χ0n) is 25.7. The summed E-state index contributed by atoms with van der Waals surface area (Å²) in [4.78, 5) is 30.3. The Hall–Kier alpha value is -4.44. The van der Waals surface area contributed by atoms with E-state index in [-0.39, 0.29) is 18.0 Å². The van der Waals surface area contributed by atoms with Gasteiger partial charge in [-0.05, 0) is 93.3 Å². The van der Waals surface area contributed by atoms with E-state index in [9.17, 15) is 4.79 Å². The summed E-state index contributed by atoms with van der Waals surface area (Å²) in [5.74, 6) is 3.28. The Balaban J connectivity index is 1.21. The number of imidazole rings is 1. The maximum atomic E-state index is 13.7. The molecule has 1 aliphatic heterocycles. The molecule has 10 heteroatoms. The molecule has 5 heterocycles. The van der Waals surface area contributed by atoms with Crippen LogP contribution in [0.15, 0.2) is 42.6 Å². The first-order valence-corrected chi connectivity index (χ1v) is 15.6. The minimum atomic E-state index is 0.00626. The molecule has 1 amide bonds. The largest absolute Gasteiger partial charge is 0.494 e. The summed E-state index contributed by atoms with van der Waals surface area (Å²) in [6.45, 7) is 5.69. The zero-order valence-corrected chi connectivity index (χ0v) is 25.7. The highest BCUT2D eigenvalue weighted by Gasteiger charge is 2.47. The van der Waals surface area contributed by atoms with Crippen LogP contribution in [0.2, 0.25) is 0 Å². The number of methoxy groups -OCH3 is 1. The Labute approximate surface area is 256 Å². The number of hydrogen-bond donors (Lipinski definition) is 2. The van der Waals surface area contributed by atoms with E-state index in [1.165, 1.54) is 12.8 Å². The number of pyridine rings is 2. The van der Waals surface area contributed by atoms with E-state index in [1.54, 1.807) is 7.11 Å². The summed E-state index contributed by atoms with van der Waals surface area (Å²) in [5.41, 5.74) is 13.6. The Kier molecular flexibility index (Phi) is 6.20. The van der Waals surface area contributed by atoms with E-state index in [0.29, 0.717) is 23.1 Å². The van der Waals surface area contributed by atoms with Gasteiger partial charge in [0, 0.05) is 60.7 Å². The van der Waals surface area contributed by atoms with Crippen LogP contribution < -0.4 is 15.8 Å². The van der Waals surface area contributed by atoms with Crippen molar-refractivity contribution in [3.8, 4) is 17.3 Å². The zero-order chi connectivity index (χ0) is 30.3. The van der Waals surface area contributed by atoms with Gasteiger partial charge in [-0.2, -0.15) is 0 Å². The molecule has 1 saturated heterocycles. The third-order valence-electron chi connectivity index (χ3n) is 10.1. The van der Waals surface area contributed by atoms with Crippen LogP contribution in [0, 0.1) is 25.7 Å². The molecule has 5 aromatic rings. The van der Waals surface area contributed by atoms with E-state index in [0.717, 1.165) is 82.3 Å². The quantitative estimate of drug-likeness (QED) is 0.263. The summed E-state index contributed by atoms with van der Waals surface area (Å²) in [6.07, 6.45) is 6.34. The predicted molar refractivity (Wildman–Crippen MR) is 171 cm³/mol. The molecule has 0 spiro atoms. The lowest BCUT2D eigenvalue weighted by atomic mass is 10.1. The van der Waals surface area contributed by atoms with Gasteiger partial charge in [0.1, 0.15) is 22.7 Å². The SMILES string of the molecule is COc1cc(C(=O)N2C[C@H]3CC[C@@H]2[C@@H]3N)cc2nc(-c3cc4ccc(Nc5ccnc(C)c5C)nc4n3CC3CC3)n(C)c12. The lowest BCUT2D eigenvalue weighted by Crippen LogP contribution is -2.41. The van der Waals surface area contributed by atoms with E-state index >= 15 is 0 Å². The number of nitrogens with zero attached hydrogens (tertiary/aromatic N) is 6. The molecule has 0 radical (unpaired) electrons. The number of likely N-dealkylation sites (tertiary alicyclic amines) is 1. The number of piperidine rings is 1. The van der Waals surface area contributed by atoms with Gasteiger partial charge in [-0.1, -0.05) is 0 Å². The fraction of sp³-hybridized carbons (Fsp3) is 0.412. The van der Waals surface area contributed by atoms with Crippen LogP contribution in [0.5, 0.6) is 5.75 Å². The molecule has 3 fully saturated rings. The van der Waals surface area contributed by atoms with Gasteiger partial charge in [-0.25, -0.2) is 9.97 Å². The highest BCUT2D eigenvalue weighted by molar-refractivity contribution is 6.00. The van der Waals surface area contributed by atoms with E-state index in [1.807, 2.05) is 49.3 Å². The molecule has 226 valence electrons. The second-order valence-electron chi connectivity index (χ2n) is 12.9. The number of fused-ring (bicyclic) bond motifs is 4. The molecule has 2 saturated carbocycles. The molecular formula is C34H38N8O2. The summed E-state index contributed by atoms with van der Waals surface area (Å²) in [6, 6.07) is 12.3. The van der Waals surface area contributed by atoms with Crippen LogP contribution in [-0.4, -0.2) is 60.6 Å². The van der Waals surface area contributed by atoms with Crippen molar-refractivity contribution in [2.75, 3.05) is 19.0 Å². The predicted octanol–water partition coefficient (Wildman–Crippen LogP) is 5.33. The fourth-order valence-electron chi connectivity index (χ4n) is 7.31. The first-order chi connectivity index (χ1) is 21.3. The lowest BCUT2D eigenvalue weighted by molar-refractivity contribution is 0.0700. The summed E-state index contributed by atoms with van der Waals surface area (Å²) in [5, 5.41) is 4.56. The van der Waals surface area contributed by atoms with Crippen molar-refractivity contribution in [1.82, 2.24) is 29.0 Å². The number of aryl methyl sites for hydroxylation is 2. The van der Waals surface area contributed by atoms with Gasteiger partial charge in [0.2, 0.25) is 0 Å². The Morgan fingerprint density at radius 2 is 1.93 bits per heavy atom. The first-order valence-electron chi connectivity index (χ1n) is 15.6. The van der Waals surface area contributed by atoms with E-state index in [4.69, 9.17) is 20.4 Å². The third-order valence-corrected chi connectivity index (χ3v) is 10.1. The Morgan fingerprint density at radius 1 is 1.09 bits per heavy atom. The average Bonchev–Trinajstić information content (AvgIpc) is 3.43. The van der Waals surface area contributed by atoms with Gasteiger partial charge in [0.25, 0.3) is 5.91 Å². The molecule has 4 aromatic heterocycles. The van der Waals surface area contributed by atoms with Gasteiger partial charge in [0.15, 0.2) is 5.82 Å². The maximum absolute atomic E-state index is 13.7. The second kappa shape index (κ2) is 10.1. The highest BCUT2D eigenvalue weighted by atomic mass is 16.5. The monoisotopic (exact) mass is 590 g/mol. The topological polar surface area (TPSA) is 116 Å². The van der Waals surface area contributed by atoms with Crippen LogP contribution >= 0.6 is 0 Å². The minimum Gasteiger partial charge on any atom is -0.494 e. The van der Waals surface area contributed by atoms with Crippen molar-refractivity contribution < 1.29 is 9.53 Å². The third kappa shape index (κ3) is 4.26. The number of amides is 1. The van der Waals surface area contributed by atoms with Crippen LogP contribution in [0.4, 0.5) is 11.5 Å². The summed E-state index contributed by atoms with van der Waals surface area (Å²) >= 11 is 0. The van der Waals surface area contributed by atoms with Gasteiger partial charge in [-0.15, -0.1) is 0 Å². The lowest BCUT2D eigenvalue weighted by Gasteiger charge is -2.27. The minimum absolute atomic E-state index is 0.00626. The van der Waals surface area contributed by atoms with Crippen molar-refractivity contribution in [1.29, 1.82) is 0 Å². The molecule has 10 nitrogen and oxygen atoms in total. The molecule has 2 aliphatic carbocycles. The number of nitrogens with two attached hydrogens (primary N) is 1. The maximum Gasteiger partial charge on any atom is 0.254 e. The number of hydrogen-bond acceptors (Lipinski definition) is 7. The molecule has 8 rings (SSSR count). The van der Waals surface area contributed by atoms with Crippen LogP contribution in [0.3, 0.4) is 0 Å². The molecule has 1 aromatic carbocycles. The number of aromatic nitrogens is 5. The van der Waals surface area contributed by atoms with Crippen LogP contribution in [0.1, 0.15) is 47.3 Å². The highest BCUT2D eigenvalue weighted by Crippen LogP contribution is 2.40. The number of nitrogens with one attached hydrogen (secondary N) is 1. The van der Waals surface area contributed by atoms with Crippen molar-refractivity contribution in [3.05, 3.63) is 59.4 Å². The van der Waals surface area contributed by atoms with Gasteiger partial charge < -0.3 is 29.8 Å². The van der Waals surface area contributed by atoms with Crippen molar-refractivity contribution in [2.24, 2.45) is 24.6 Å². The molecule has 3 N–H and O–H groups in total. The molecule has 0 unspecified atom stereocenters. The van der Waals surface area contributed by atoms with Gasteiger partial charge in [0.05, 0.1) is 18.3 Å². The van der Waals surface area contributed by atoms with E-state index < -0.39 is 0 Å². The molecule has 2 bridgehead atoms. The summed E-state index contributed by atoms with van der Waals surface area (Å²) in [7, 11) is 3.67. The second-order valence-corrected chi connectivity index (χ2v) is 12.9. The number of carbonyl (C=O) groups excluding carboxylic acids is 1.